The normalized spacial score (nSPS) is 20.1. The van der Waals surface area contributed by atoms with Crippen molar-refractivity contribution in [3.8, 4) is 0 Å². The summed E-state index contributed by atoms with van der Waals surface area (Å²) < 4.78 is 0. The summed E-state index contributed by atoms with van der Waals surface area (Å²) in [6.07, 6.45) is 1.73. The van der Waals surface area contributed by atoms with Crippen LogP contribution in [0.1, 0.15) is 30.9 Å². The standard InChI is InChI=1S/C15H20N2O3/c18-14(19)9-13(11-5-2-1-3-6-11)17-15(20)12-7-4-8-16-10-12/h1-3,5-6,12-13,16H,4,7-10H2,(H,17,20)(H,18,19)/t12?,13-/m0/s1. The van der Waals surface area contributed by atoms with Crippen molar-refractivity contribution in [3.05, 3.63) is 35.9 Å². The van der Waals surface area contributed by atoms with E-state index in [1.54, 1.807) is 0 Å². The van der Waals surface area contributed by atoms with Gasteiger partial charge in [-0.15, -0.1) is 0 Å². The molecule has 5 nitrogen and oxygen atoms in total. The number of piperidine rings is 1. The number of hydrogen-bond donors (Lipinski definition) is 3. The average molecular weight is 276 g/mol. The van der Waals surface area contributed by atoms with Gasteiger partial charge in [0.05, 0.1) is 18.4 Å². The fraction of sp³-hybridized carbons (Fsp3) is 0.467. The third kappa shape index (κ3) is 4.06. The van der Waals surface area contributed by atoms with Crippen molar-refractivity contribution in [3.63, 3.8) is 0 Å². The highest BCUT2D eigenvalue weighted by Gasteiger charge is 2.24. The number of nitrogens with one attached hydrogen (secondary N) is 2. The maximum absolute atomic E-state index is 12.2. The zero-order valence-corrected chi connectivity index (χ0v) is 11.3. The van der Waals surface area contributed by atoms with Gasteiger partial charge in [0.25, 0.3) is 0 Å². The van der Waals surface area contributed by atoms with Crippen LogP contribution < -0.4 is 10.6 Å². The van der Waals surface area contributed by atoms with E-state index in [9.17, 15) is 9.59 Å². The lowest BCUT2D eigenvalue weighted by Crippen LogP contribution is -2.42. The largest absolute Gasteiger partial charge is 0.481 e. The topological polar surface area (TPSA) is 78.4 Å². The van der Waals surface area contributed by atoms with Crippen LogP contribution in [0.5, 0.6) is 0 Å². The summed E-state index contributed by atoms with van der Waals surface area (Å²) in [6, 6.07) is 8.77. The van der Waals surface area contributed by atoms with Gasteiger partial charge < -0.3 is 15.7 Å². The molecule has 108 valence electrons. The number of carbonyl (C=O) groups excluding carboxylic acids is 1. The second kappa shape index (κ2) is 7.05. The molecule has 5 heteroatoms. The molecule has 0 radical (unpaired) electrons. The molecular weight excluding hydrogens is 256 g/mol. The van der Waals surface area contributed by atoms with E-state index in [0.29, 0.717) is 6.54 Å². The predicted octanol–water partition coefficient (Wildman–Crippen LogP) is 1.32. The molecule has 0 aliphatic carbocycles. The lowest BCUT2D eigenvalue weighted by molar-refractivity contribution is -0.138. The molecule has 0 aromatic heterocycles. The summed E-state index contributed by atoms with van der Waals surface area (Å²) in [5.41, 5.74) is 0.826. The monoisotopic (exact) mass is 276 g/mol. The summed E-state index contributed by atoms with van der Waals surface area (Å²) >= 11 is 0. The molecule has 1 aromatic carbocycles. The van der Waals surface area contributed by atoms with Crippen LogP contribution in [0.25, 0.3) is 0 Å². The minimum Gasteiger partial charge on any atom is -0.481 e. The summed E-state index contributed by atoms with van der Waals surface area (Å²) in [7, 11) is 0. The van der Waals surface area contributed by atoms with Gasteiger partial charge in [0.1, 0.15) is 0 Å². The molecule has 1 aliphatic rings. The van der Waals surface area contributed by atoms with Gasteiger partial charge in [0, 0.05) is 6.54 Å². The SMILES string of the molecule is O=C(O)C[C@H](NC(=O)C1CCCNC1)c1ccccc1. The Morgan fingerprint density at radius 3 is 2.70 bits per heavy atom. The second-order valence-corrected chi connectivity index (χ2v) is 5.11. The van der Waals surface area contributed by atoms with Crippen molar-refractivity contribution < 1.29 is 14.7 Å². The average Bonchev–Trinajstić information content (AvgIpc) is 2.48. The van der Waals surface area contributed by atoms with Gasteiger partial charge in [-0.1, -0.05) is 30.3 Å². The molecule has 3 N–H and O–H groups in total. The van der Waals surface area contributed by atoms with Crippen molar-refractivity contribution in [1.29, 1.82) is 0 Å². The minimum absolute atomic E-state index is 0.0627. The Bertz CT molecular complexity index is 455. The third-order valence-corrected chi connectivity index (χ3v) is 3.56. The number of carbonyl (C=O) groups is 2. The van der Waals surface area contributed by atoms with Gasteiger partial charge in [0.2, 0.25) is 5.91 Å². The van der Waals surface area contributed by atoms with Crippen molar-refractivity contribution in [2.24, 2.45) is 5.92 Å². The van der Waals surface area contributed by atoms with Crippen LogP contribution in [0.15, 0.2) is 30.3 Å². The fourth-order valence-corrected chi connectivity index (χ4v) is 2.48. The van der Waals surface area contributed by atoms with E-state index >= 15 is 0 Å². The summed E-state index contributed by atoms with van der Waals surface area (Å²) in [6.45, 7) is 1.61. The van der Waals surface area contributed by atoms with Gasteiger partial charge in [-0.3, -0.25) is 9.59 Å². The van der Waals surface area contributed by atoms with Crippen LogP contribution in [0.3, 0.4) is 0 Å². The van der Waals surface area contributed by atoms with Gasteiger partial charge >= 0.3 is 5.97 Å². The molecule has 2 atom stereocenters. The van der Waals surface area contributed by atoms with Crippen LogP contribution in [0.2, 0.25) is 0 Å². The van der Waals surface area contributed by atoms with E-state index in [1.165, 1.54) is 0 Å². The van der Waals surface area contributed by atoms with Crippen molar-refractivity contribution in [2.45, 2.75) is 25.3 Å². The second-order valence-electron chi connectivity index (χ2n) is 5.11. The smallest absolute Gasteiger partial charge is 0.305 e. The molecule has 1 unspecified atom stereocenters. The third-order valence-electron chi connectivity index (χ3n) is 3.56. The molecule has 2 rings (SSSR count). The molecule has 0 spiro atoms. The first-order valence-electron chi connectivity index (χ1n) is 6.94. The molecule has 1 fully saturated rings. The highest BCUT2D eigenvalue weighted by Crippen LogP contribution is 2.18. The van der Waals surface area contributed by atoms with Gasteiger partial charge in [-0.05, 0) is 24.9 Å². The van der Waals surface area contributed by atoms with E-state index in [1.807, 2.05) is 30.3 Å². The van der Waals surface area contributed by atoms with Crippen LogP contribution in [-0.4, -0.2) is 30.1 Å². The van der Waals surface area contributed by atoms with Crippen molar-refractivity contribution in [2.75, 3.05) is 13.1 Å². The molecule has 1 aliphatic heterocycles. The lowest BCUT2D eigenvalue weighted by atomic mass is 9.97. The first kappa shape index (κ1) is 14.5. The van der Waals surface area contributed by atoms with Crippen LogP contribution in [0, 0.1) is 5.92 Å². The number of aliphatic carboxylic acids is 1. The maximum atomic E-state index is 12.2. The molecule has 1 amide bonds. The fourth-order valence-electron chi connectivity index (χ4n) is 2.48. The number of benzene rings is 1. The van der Waals surface area contributed by atoms with Gasteiger partial charge in [0.15, 0.2) is 0 Å². The van der Waals surface area contributed by atoms with Gasteiger partial charge in [-0.25, -0.2) is 0 Å². The first-order chi connectivity index (χ1) is 9.66. The number of amides is 1. The highest BCUT2D eigenvalue weighted by molar-refractivity contribution is 5.80. The predicted molar refractivity (Wildman–Crippen MR) is 75.2 cm³/mol. The maximum Gasteiger partial charge on any atom is 0.305 e. The quantitative estimate of drug-likeness (QED) is 0.758. The first-order valence-corrected chi connectivity index (χ1v) is 6.94. The molecule has 1 aromatic rings. The summed E-state index contributed by atoms with van der Waals surface area (Å²) in [5.74, 6) is -1.04. The Hall–Kier alpha value is -1.88. The van der Waals surface area contributed by atoms with E-state index < -0.39 is 12.0 Å². The number of hydrogen-bond acceptors (Lipinski definition) is 3. The summed E-state index contributed by atoms with van der Waals surface area (Å²) in [4.78, 5) is 23.2. The van der Waals surface area contributed by atoms with E-state index in [-0.39, 0.29) is 18.2 Å². The lowest BCUT2D eigenvalue weighted by Gasteiger charge is -2.25. The Kier molecular flexibility index (Phi) is 5.12. The Morgan fingerprint density at radius 1 is 1.35 bits per heavy atom. The van der Waals surface area contributed by atoms with E-state index in [0.717, 1.165) is 24.9 Å². The van der Waals surface area contributed by atoms with Crippen LogP contribution in [0.4, 0.5) is 0 Å². The van der Waals surface area contributed by atoms with E-state index in [2.05, 4.69) is 10.6 Å². The van der Waals surface area contributed by atoms with Crippen molar-refractivity contribution in [1.82, 2.24) is 10.6 Å². The van der Waals surface area contributed by atoms with Crippen molar-refractivity contribution >= 4 is 11.9 Å². The molecule has 0 saturated carbocycles. The molecule has 20 heavy (non-hydrogen) atoms. The zero-order valence-electron chi connectivity index (χ0n) is 11.3. The Labute approximate surface area is 118 Å². The highest BCUT2D eigenvalue weighted by atomic mass is 16.4. The number of carboxylic acid groups (broad SMARTS) is 1. The molecular formula is C15H20N2O3. The number of carboxylic acids is 1. The Balaban J connectivity index is 2.03. The minimum atomic E-state index is -0.916. The molecule has 1 heterocycles. The zero-order chi connectivity index (χ0) is 14.4. The van der Waals surface area contributed by atoms with Crippen LogP contribution >= 0.6 is 0 Å². The molecule has 0 bridgehead atoms. The molecule has 1 saturated heterocycles. The summed E-state index contributed by atoms with van der Waals surface area (Å²) in [5, 5.41) is 15.1. The Morgan fingerprint density at radius 2 is 2.10 bits per heavy atom. The van der Waals surface area contributed by atoms with Crippen LogP contribution in [-0.2, 0) is 9.59 Å². The van der Waals surface area contributed by atoms with E-state index in [4.69, 9.17) is 5.11 Å². The van der Waals surface area contributed by atoms with Gasteiger partial charge in [-0.2, -0.15) is 0 Å². The number of rotatable bonds is 5.